The number of hydrogen-bond acceptors (Lipinski definition) is 2. The average Bonchev–Trinajstić information content (AvgIpc) is 1.98. The van der Waals surface area contributed by atoms with Gasteiger partial charge in [0.1, 0.15) is 0 Å². The largest absolute Gasteiger partial charge is 0.359 e. The summed E-state index contributed by atoms with van der Waals surface area (Å²) in [5.74, 6) is 0.101. The fourth-order valence-corrected chi connectivity index (χ4v) is 0.629. The summed E-state index contributed by atoms with van der Waals surface area (Å²) < 4.78 is 0. The predicted molar refractivity (Wildman–Crippen MR) is 41.8 cm³/mol. The Hall–Kier alpha value is -0.570. The standard InChI is InChI=1S/C7H16N2O/c1-3-5-9-6-4-7(10)8-2/h9H,3-6H2,1-2H3,(H,8,10). The van der Waals surface area contributed by atoms with E-state index in [-0.39, 0.29) is 5.91 Å². The third-order valence-electron chi connectivity index (χ3n) is 1.23. The molecule has 0 saturated carbocycles. The van der Waals surface area contributed by atoms with E-state index in [0.29, 0.717) is 6.42 Å². The van der Waals surface area contributed by atoms with E-state index in [1.165, 1.54) is 0 Å². The summed E-state index contributed by atoms with van der Waals surface area (Å²) in [4.78, 5) is 10.6. The zero-order valence-electron chi connectivity index (χ0n) is 6.74. The molecule has 0 bridgehead atoms. The van der Waals surface area contributed by atoms with E-state index in [4.69, 9.17) is 0 Å². The topological polar surface area (TPSA) is 41.1 Å². The second kappa shape index (κ2) is 6.55. The van der Waals surface area contributed by atoms with Crippen molar-refractivity contribution in [2.75, 3.05) is 20.1 Å². The van der Waals surface area contributed by atoms with Crippen molar-refractivity contribution >= 4 is 5.91 Å². The Kier molecular flexibility index (Phi) is 6.18. The average molecular weight is 144 g/mol. The zero-order valence-corrected chi connectivity index (χ0v) is 6.74. The van der Waals surface area contributed by atoms with Crippen LogP contribution in [0.1, 0.15) is 19.8 Å². The molecule has 0 aromatic carbocycles. The lowest BCUT2D eigenvalue weighted by atomic mass is 10.4. The van der Waals surface area contributed by atoms with Crippen molar-refractivity contribution in [1.29, 1.82) is 0 Å². The molecule has 3 nitrogen and oxygen atoms in total. The molecule has 3 heteroatoms. The van der Waals surface area contributed by atoms with E-state index in [0.717, 1.165) is 19.5 Å². The van der Waals surface area contributed by atoms with Crippen molar-refractivity contribution in [2.45, 2.75) is 19.8 Å². The smallest absolute Gasteiger partial charge is 0.221 e. The van der Waals surface area contributed by atoms with Gasteiger partial charge in [-0.15, -0.1) is 0 Å². The Morgan fingerprint density at radius 2 is 2.10 bits per heavy atom. The Labute approximate surface area is 62.2 Å². The van der Waals surface area contributed by atoms with Crippen LogP contribution < -0.4 is 10.6 Å². The van der Waals surface area contributed by atoms with Crippen LogP contribution in [0.5, 0.6) is 0 Å². The highest BCUT2D eigenvalue weighted by Gasteiger charge is 1.94. The summed E-state index contributed by atoms with van der Waals surface area (Å²) in [6.07, 6.45) is 1.70. The minimum atomic E-state index is 0.101. The fraction of sp³-hybridized carbons (Fsp3) is 0.857. The molecule has 0 heterocycles. The van der Waals surface area contributed by atoms with E-state index in [1.54, 1.807) is 7.05 Å². The van der Waals surface area contributed by atoms with Gasteiger partial charge in [0.15, 0.2) is 0 Å². The minimum Gasteiger partial charge on any atom is -0.359 e. The van der Waals surface area contributed by atoms with E-state index >= 15 is 0 Å². The first-order valence-corrected chi connectivity index (χ1v) is 3.72. The summed E-state index contributed by atoms with van der Waals surface area (Å²) in [6.45, 7) is 3.89. The monoisotopic (exact) mass is 144 g/mol. The molecule has 0 aromatic rings. The van der Waals surface area contributed by atoms with E-state index in [1.807, 2.05) is 0 Å². The van der Waals surface area contributed by atoms with Crippen LogP contribution in [0.3, 0.4) is 0 Å². The van der Waals surface area contributed by atoms with Crippen molar-refractivity contribution in [1.82, 2.24) is 10.6 Å². The fourth-order valence-electron chi connectivity index (χ4n) is 0.629. The second-order valence-electron chi connectivity index (χ2n) is 2.17. The molecule has 0 aliphatic rings. The van der Waals surface area contributed by atoms with Gasteiger partial charge in [-0.05, 0) is 13.0 Å². The number of carbonyl (C=O) groups is 1. The molecule has 0 saturated heterocycles. The van der Waals surface area contributed by atoms with Crippen LogP contribution >= 0.6 is 0 Å². The van der Waals surface area contributed by atoms with Gasteiger partial charge < -0.3 is 10.6 Å². The maximum atomic E-state index is 10.6. The Balaban J connectivity index is 2.96. The molecule has 0 rings (SSSR count). The van der Waals surface area contributed by atoms with Crippen molar-refractivity contribution in [3.63, 3.8) is 0 Å². The van der Waals surface area contributed by atoms with Gasteiger partial charge in [-0.1, -0.05) is 6.92 Å². The third kappa shape index (κ3) is 5.56. The quantitative estimate of drug-likeness (QED) is 0.538. The maximum absolute atomic E-state index is 10.6. The first-order chi connectivity index (χ1) is 4.81. The van der Waals surface area contributed by atoms with E-state index in [2.05, 4.69) is 17.6 Å². The highest BCUT2D eigenvalue weighted by Crippen LogP contribution is 1.76. The Bertz CT molecular complexity index is 93.6. The highest BCUT2D eigenvalue weighted by molar-refractivity contribution is 5.75. The molecule has 0 aliphatic heterocycles. The molecule has 2 N–H and O–H groups in total. The molecule has 0 fully saturated rings. The number of carbonyl (C=O) groups excluding carboxylic acids is 1. The zero-order chi connectivity index (χ0) is 7.82. The van der Waals surface area contributed by atoms with E-state index < -0.39 is 0 Å². The van der Waals surface area contributed by atoms with Crippen molar-refractivity contribution in [2.24, 2.45) is 0 Å². The summed E-state index contributed by atoms with van der Waals surface area (Å²) in [5.41, 5.74) is 0. The van der Waals surface area contributed by atoms with Gasteiger partial charge in [0, 0.05) is 20.0 Å². The lowest BCUT2D eigenvalue weighted by Gasteiger charge is -2.00. The highest BCUT2D eigenvalue weighted by atomic mass is 16.1. The van der Waals surface area contributed by atoms with E-state index in [9.17, 15) is 4.79 Å². The molecule has 0 aliphatic carbocycles. The van der Waals surface area contributed by atoms with Gasteiger partial charge in [-0.2, -0.15) is 0 Å². The molecule has 0 spiro atoms. The van der Waals surface area contributed by atoms with Gasteiger partial charge in [0.25, 0.3) is 0 Å². The van der Waals surface area contributed by atoms with Crippen molar-refractivity contribution < 1.29 is 4.79 Å². The Morgan fingerprint density at radius 1 is 1.40 bits per heavy atom. The van der Waals surface area contributed by atoms with Crippen LogP contribution in [0, 0.1) is 0 Å². The number of rotatable bonds is 5. The van der Waals surface area contributed by atoms with Gasteiger partial charge in [0.2, 0.25) is 5.91 Å². The summed E-state index contributed by atoms with van der Waals surface area (Å²) in [6, 6.07) is 0. The third-order valence-corrected chi connectivity index (χ3v) is 1.23. The molecule has 0 unspecified atom stereocenters. The van der Waals surface area contributed by atoms with Crippen molar-refractivity contribution in [3.8, 4) is 0 Å². The molecule has 1 amide bonds. The van der Waals surface area contributed by atoms with Crippen LogP contribution in [0.25, 0.3) is 0 Å². The molecule has 0 aromatic heterocycles. The van der Waals surface area contributed by atoms with Crippen LogP contribution in [0.15, 0.2) is 0 Å². The maximum Gasteiger partial charge on any atom is 0.221 e. The summed E-state index contributed by atoms with van der Waals surface area (Å²) in [7, 11) is 1.65. The van der Waals surface area contributed by atoms with Crippen molar-refractivity contribution in [3.05, 3.63) is 0 Å². The summed E-state index contributed by atoms with van der Waals surface area (Å²) in [5, 5.41) is 5.70. The van der Waals surface area contributed by atoms with Crippen LogP contribution in [0.4, 0.5) is 0 Å². The Morgan fingerprint density at radius 3 is 2.60 bits per heavy atom. The molecular formula is C7H16N2O. The molecule has 60 valence electrons. The van der Waals surface area contributed by atoms with Crippen LogP contribution in [-0.2, 0) is 4.79 Å². The lowest BCUT2D eigenvalue weighted by Crippen LogP contribution is -2.24. The minimum absolute atomic E-state index is 0.101. The molecule has 0 radical (unpaired) electrons. The second-order valence-corrected chi connectivity index (χ2v) is 2.17. The molecule has 10 heavy (non-hydrogen) atoms. The molecular weight excluding hydrogens is 128 g/mol. The van der Waals surface area contributed by atoms with Gasteiger partial charge in [0.05, 0.1) is 0 Å². The first-order valence-electron chi connectivity index (χ1n) is 3.72. The first kappa shape index (κ1) is 9.43. The predicted octanol–water partition coefficient (Wildman–Crippen LogP) is 0.122. The van der Waals surface area contributed by atoms with Crippen LogP contribution in [-0.4, -0.2) is 26.0 Å². The van der Waals surface area contributed by atoms with Gasteiger partial charge in [-0.25, -0.2) is 0 Å². The summed E-state index contributed by atoms with van der Waals surface area (Å²) >= 11 is 0. The normalized spacial score (nSPS) is 9.40. The number of amides is 1. The number of hydrogen-bond donors (Lipinski definition) is 2. The molecule has 0 atom stereocenters. The number of nitrogens with one attached hydrogen (secondary N) is 2. The SMILES string of the molecule is CCCNCCC(=O)NC. The lowest BCUT2D eigenvalue weighted by molar-refractivity contribution is -0.120. The van der Waals surface area contributed by atoms with Gasteiger partial charge in [-0.3, -0.25) is 4.79 Å². The van der Waals surface area contributed by atoms with Gasteiger partial charge >= 0.3 is 0 Å². The van der Waals surface area contributed by atoms with Crippen LogP contribution in [0.2, 0.25) is 0 Å².